The monoisotopic (exact) mass is 399 g/mol. The first-order valence-electron chi connectivity index (χ1n) is 10.4. The minimum absolute atomic E-state index is 0.124. The van der Waals surface area contributed by atoms with E-state index < -0.39 is 0 Å². The highest BCUT2D eigenvalue weighted by molar-refractivity contribution is 5.90. The van der Waals surface area contributed by atoms with E-state index in [0.29, 0.717) is 0 Å². The fourth-order valence-electron chi connectivity index (χ4n) is 4.82. The number of benzene rings is 3. The van der Waals surface area contributed by atoms with Gasteiger partial charge >= 0.3 is 0 Å². The van der Waals surface area contributed by atoms with E-state index in [0.717, 1.165) is 39.3 Å². The first-order valence-corrected chi connectivity index (χ1v) is 10.4. The van der Waals surface area contributed by atoms with Crippen molar-refractivity contribution in [3.05, 3.63) is 88.2 Å². The van der Waals surface area contributed by atoms with Gasteiger partial charge in [0, 0.05) is 22.4 Å². The lowest BCUT2D eigenvalue weighted by atomic mass is 9.80. The molecule has 5 rings (SSSR count). The summed E-state index contributed by atoms with van der Waals surface area (Å²) < 4.78 is 20.7. The molecule has 3 aromatic rings. The summed E-state index contributed by atoms with van der Waals surface area (Å²) in [6, 6.07) is 15.5. The zero-order valence-electron chi connectivity index (χ0n) is 18.1. The van der Waals surface area contributed by atoms with E-state index in [1.807, 2.05) is 0 Å². The summed E-state index contributed by atoms with van der Waals surface area (Å²) >= 11 is 0. The summed E-state index contributed by atoms with van der Waals surface area (Å²) in [7, 11) is 0. The Morgan fingerprint density at radius 2 is 1.70 bits per heavy atom. The molecule has 0 fully saturated rings. The van der Waals surface area contributed by atoms with Gasteiger partial charge in [0.15, 0.2) is 6.10 Å². The van der Waals surface area contributed by atoms with Crippen LogP contribution in [0.2, 0.25) is 0 Å². The van der Waals surface area contributed by atoms with Gasteiger partial charge in [0.1, 0.15) is 11.6 Å². The molecule has 0 amide bonds. The maximum Gasteiger partial charge on any atom is 0.150 e. The highest BCUT2D eigenvalue weighted by atomic mass is 19.1. The van der Waals surface area contributed by atoms with Gasteiger partial charge in [-0.3, -0.25) is 0 Å². The molecule has 152 valence electrons. The zero-order chi connectivity index (χ0) is 21.2. The number of aryl methyl sites for hydroxylation is 2. The molecule has 1 unspecified atom stereocenters. The Morgan fingerprint density at radius 1 is 0.900 bits per heavy atom. The zero-order valence-corrected chi connectivity index (χ0v) is 18.1. The number of ether oxygens (including phenoxy) is 1. The summed E-state index contributed by atoms with van der Waals surface area (Å²) in [5.74, 6) is 0.468. The predicted molar refractivity (Wildman–Crippen MR) is 122 cm³/mol. The van der Waals surface area contributed by atoms with Gasteiger partial charge in [-0.25, -0.2) is 4.39 Å². The van der Waals surface area contributed by atoms with E-state index in [2.05, 4.69) is 76.3 Å². The normalized spacial score (nSPS) is 18.3. The number of anilines is 1. The Balaban J connectivity index is 1.81. The van der Waals surface area contributed by atoms with Crippen molar-refractivity contribution in [2.24, 2.45) is 0 Å². The number of halogens is 1. The molecule has 2 heterocycles. The van der Waals surface area contributed by atoms with Crippen molar-refractivity contribution in [2.45, 2.75) is 46.3 Å². The molecule has 2 aliphatic rings. The number of rotatable bonds is 1. The van der Waals surface area contributed by atoms with Crippen LogP contribution >= 0.6 is 0 Å². The van der Waals surface area contributed by atoms with Crippen LogP contribution in [0.5, 0.6) is 5.75 Å². The fourth-order valence-corrected chi connectivity index (χ4v) is 4.82. The van der Waals surface area contributed by atoms with Gasteiger partial charge in [-0.15, -0.1) is 0 Å². The molecule has 0 saturated carbocycles. The number of nitrogens with one attached hydrogen (secondary N) is 1. The Kier molecular flexibility index (Phi) is 4.08. The third-order valence-corrected chi connectivity index (χ3v) is 6.25. The summed E-state index contributed by atoms with van der Waals surface area (Å²) in [4.78, 5) is 0. The molecule has 1 N–H and O–H groups in total. The second-order valence-corrected chi connectivity index (χ2v) is 9.11. The summed E-state index contributed by atoms with van der Waals surface area (Å²) in [6.45, 7) is 10.7. The van der Waals surface area contributed by atoms with Gasteiger partial charge in [-0.05, 0) is 86.7 Å². The topological polar surface area (TPSA) is 21.3 Å². The molecule has 0 aromatic heterocycles. The maximum atomic E-state index is 14.1. The van der Waals surface area contributed by atoms with E-state index in [9.17, 15) is 4.39 Å². The number of hydrogen-bond acceptors (Lipinski definition) is 2. The number of fused-ring (bicyclic) bond motifs is 5. The molecular formula is C27H26FNO. The van der Waals surface area contributed by atoms with Crippen molar-refractivity contribution in [1.82, 2.24) is 0 Å². The van der Waals surface area contributed by atoms with Crippen LogP contribution in [-0.2, 0) is 0 Å². The summed E-state index contributed by atoms with van der Waals surface area (Å²) in [6.07, 6.45) is 2.01. The minimum atomic E-state index is -0.253. The van der Waals surface area contributed by atoms with Crippen LogP contribution in [0.1, 0.15) is 54.7 Å². The summed E-state index contributed by atoms with van der Waals surface area (Å²) in [5, 5.41) is 3.64. The van der Waals surface area contributed by atoms with Gasteiger partial charge in [-0.2, -0.15) is 0 Å². The Bertz CT molecular complexity index is 1220. The van der Waals surface area contributed by atoms with Crippen molar-refractivity contribution in [3.8, 4) is 16.9 Å². The second kappa shape index (κ2) is 6.46. The molecule has 30 heavy (non-hydrogen) atoms. The molecular weight excluding hydrogens is 373 g/mol. The van der Waals surface area contributed by atoms with Crippen LogP contribution in [-0.4, -0.2) is 5.54 Å². The van der Waals surface area contributed by atoms with Crippen molar-refractivity contribution in [3.63, 3.8) is 0 Å². The van der Waals surface area contributed by atoms with Crippen molar-refractivity contribution >= 4 is 11.3 Å². The number of allylic oxidation sites excluding steroid dienone is 1. The average Bonchev–Trinajstić information content (AvgIpc) is 2.68. The average molecular weight is 400 g/mol. The lowest BCUT2D eigenvalue weighted by molar-refractivity contribution is 0.243. The highest BCUT2D eigenvalue weighted by Gasteiger charge is 2.34. The molecule has 2 aliphatic heterocycles. The van der Waals surface area contributed by atoms with Crippen molar-refractivity contribution < 1.29 is 9.13 Å². The van der Waals surface area contributed by atoms with E-state index in [1.165, 1.54) is 22.8 Å². The van der Waals surface area contributed by atoms with Crippen LogP contribution in [0.15, 0.2) is 54.6 Å². The largest absolute Gasteiger partial charge is 0.480 e. The molecule has 0 spiro atoms. The van der Waals surface area contributed by atoms with Crippen molar-refractivity contribution in [1.29, 1.82) is 0 Å². The smallest absolute Gasteiger partial charge is 0.150 e. The van der Waals surface area contributed by atoms with Gasteiger partial charge in [0.2, 0.25) is 0 Å². The van der Waals surface area contributed by atoms with Gasteiger partial charge in [0.05, 0.1) is 5.54 Å². The molecule has 0 saturated heterocycles. The molecule has 0 bridgehead atoms. The van der Waals surface area contributed by atoms with Crippen LogP contribution in [0, 0.1) is 19.7 Å². The van der Waals surface area contributed by atoms with Crippen LogP contribution < -0.4 is 10.1 Å². The first kappa shape index (κ1) is 18.9. The SMILES string of the molecule is CC1=CC(C)(C)Nc2ccc3c(c21)C(c1ccc(C)c(C)c1)Oc1ccc(F)cc1-3. The van der Waals surface area contributed by atoms with Gasteiger partial charge in [0.25, 0.3) is 0 Å². The minimum Gasteiger partial charge on any atom is -0.480 e. The lowest BCUT2D eigenvalue weighted by Gasteiger charge is -2.37. The Morgan fingerprint density at radius 3 is 2.47 bits per heavy atom. The van der Waals surface area contributed by atoms with Gasteiger partial charge in [-0.1, -0.05) is 30.3 Å². The molecule has 3 heteroatoms. The van der Waals surface area contributed by atoms with Crippen LogP contribution in [0.4, 0.5) is 10.1 Å². The summed E-state index contributed by atoms with van der Waals surface area (Å²) in [5.41, 5.74) is 9.89. The lowest BCUT2D eigenvalue weighted by Crippen LogP contribution is -2.32. The standard InChI is InChI=1S/C27H26FNO/c1-15-6-7-18(12-16(15)2)26-25-20(21-13-19(28)8-11-23(21)30-26)9-10-22-24(25)17(3)14-27(4,5)29-22/h6-14,26,29H,1-5H3. The third-order valence-electron chi connectivity index (χ3n) is 6.25. The van der Waals surface area contributed by atoms with E-state index in [4.69, 9.17) is 4.74 Å². The molecule has 0 aliphatic carbocycles. The molecule has 1 atom stereocenters. The Labute approximate surface area is 177 Å². The second-order valence-electron chi connectivity index (χ2n) is 9.11. The van der Waals surface area contributed by atoms with Crippen LogP contribution in [0.25, 0.3) is 16.7 Å². The quantitative estimate of drug-likeness (QED) is 0.467. The number of hydrogen-bond donors (Lipinski definition) is 1. The maximum absolute atomic E-state index is 14.1. The van der Waals surface area contributed by atoms with E-state index in [1.54, 1.807) is 12.1 Å². The molecule has 2 nitrogen and oxygen atoms in total. The molecule has 0 radical (unpaired) electrons. The fraction of sp³-hybridized carbons (Fsp3) is 0.259. The predicted octanol–water partition coefficient (Wildman–Crippen LogP) is 7.20. The van der Waals surface area contributed by atoms with E-state index >= 15 is 0 Å². The molecule has 3 aromatic carbocycles. The van der Waals surface area contributed by atoms with Crippen molar-refractivity contribution in [2.75, 3.05) is 5.32 Å². The third kappa shape index (κ3) is 2.92. The first-order chi connectivity index (χ1) is 14.2. The Hall–Kier alpha value is -3.07. The van der Waals surface area contributed by atoms with Crippen LogP contribution in [0.3, 0.4) is 0 Å². The highest BCUT2D eigenvalue weighted by Crippen LogP contribution is 2.50. The van der Waals surface area contributed by atoms with E-state index in [-0.39, 0.29) is 17.5 Å². The van der Waals surface area contributed by atoms with Gasteiger partial charge < -0.3 is 10.1 Å².